The van der Waals surface area contributed by atoms with Gasteiger partial charge >= 0.3 is 0 Å². The molecule has 1 aliphatic rings. The average Bonchev–Trinajstić information content (AvgIpc) is 3.20. The molecule has 0 amide bonds. The Labute approximate surface area is 124 Å². The van der Waals surface area contributed by atoms with E-state index in [0.717, 1.165) is 37.1 Å². The summed E-state index contributed by atoms with van der Waals surface area (Å²) in [5.74, 6) is -1.37. The molecule has 2 aromatic heterocycles. The Morgan fingerprint density at radius 2 is 2.19 bits per heavy atom. The van der Waals surface area contributed by atoms with Crippen molar-refractivity contribution in [2.24, 2.45) is 0 Å². The van der Waals surface area contributed by atoms with Crippen LogP contribution in [0.2, 0.25) is 0 Å². The van der Waals surface area contributed by atoms with Crippen molar-refractivity contribution in [3.8, 4) is 0 Å². The lowest BCUT2D eigenvalue weighted by Gasteiger charge is -2.08. The van der Waals surface area contributed by atoms with E-state index in [-0.39, 0.29) is 16.9 Å². The third-order valence-electron chi connectivity index (χ3n) is 2.98. The van der Waals surface area contributed by atoms with Gasteiger partial charge in [0, 0.05) is 12.6 Å². The van der Waals surface area contributed by atoms with Crippen molar-refractivity contribution >= 4 is 17.6 Å². The molecule has 0 bridgehead atoms. The fourth-order valence-corrected chi connectivity index (χ4v) is 2.60. The van der Waals surface area contributed by atoms with E-state index in [1.54, 1.807) is 4.68 Å². The number of pyridine rings is 1. The van der Waals surface area contributed by atoms with E-state index in [1.165, 1.54) is 0 Å². The summed E-state index contributed by atoms with van der Waals surface area (Å²) in [7, 11) is 0. The number of halogens is 2. The first-order valence-corrected chi connectivity index (χ1v) is 7.56. The third kappa shape index (κ3) is 3.12. The van der Waals surface area contributed by atoms with Crippen molar-refractivity contribution in [2.75, 3.05) is 11.9 Å². The van der Waals surface area contributed by atoms with E-state index < -0.39 is 11.6 Å². The van der Waals surface area contributed by atoms with Crippen LogP contribution in [0.15, 0.2) is 16.2 Å². The topological polar surface area (TPSA) is 68.5 Å². The van der Waals surface area contributed by atoms with Crippen LogP contribution in [0.25, 0.3) is 0 Å². The minimum absolute atomic E-state index is 0.0474. The molecule has 2 heterocycles. The van der Waals surface area contributed by atoms with Crippen LogP contribution in [0, 0.1) is 11.6 Å². The van der Waals surface area contributed by atoms with E-state index in [9.17, 15) is 8.78 Å². The van der Waals surface area contributed by atoms with E-state index in [1.807, 2.05) is 6.92 Å². The van der Waals surface area contributed by atoms with E-state index >= 15 is 0 Å². The minimum Gasteiger partial charge on any atom is -0.368 e. The molecular formula is C12H14F2N6S. The summed E-state index contributed by atoms with van der Waals surface area (Å²) in [5, 5.41) is 14.7. The first-order chi connectivity index (χ1) is 10.2. The fourth-order valence-electron chi connectivity index (χ4n) is 1.78. The van der Waals surface area contributed by atoms with Gasteiger partial charge in [0.15, 0.2) is 17.5 Å². The van der Waals surface area contributed by atoms with Crippen molar-refractivity contribution < 1.29 is 8.78 Å². The van der Waals surface area contributed by atoms with Gasteiger partial charge in [-0.3, -0.25) is 0 Å². The highest BCUT2D eigenvalue weighted by molar-refractivity contribution is 7.99. The standard InChI is InChI=1S/C12H14F2N6S/c1-2-5-15-10-8(13)6-9(14)11(16-10)21-12-17-18-19-20(12)7-3-4-7/h6-7H,2-5H2,1H3,(H,15,16). The molecule has 1 aliphatic carbocycles. The van der Waals surface area contributed by atoms with Gasteiger partial charge in [0.05, 0.1) is 6.04 Å². The second-order valence-electron chi connectivity index (χ2n) is 4.77. The zero-order valence-electron chi connectivity index (χ0n) is 11.4. The summed E-state index contributed by atoms with van der Waals surface area (Å²) in [5.41, 5.74) is 0. The van der Waals surface area contributed by atoms with Crippen LogP contribution < -0.4 is 5.32 Å². The Morgan fingerprint density at radius 1 is 1.38 bits per heavy atom. The van der Waals surface area contributed by atoms with Gasteiger partial charge in [-0.1, -0.05) is 6.92 Å². The number of aromatic nitrogens is 5. The zero-order valence-corrected chi connectivity index (χ0v) is 12.2. The second kappa shape index (κ2) is 5.92. The molecule has 3 rings (SSSR count). The molecule has 2 aromatic rings. The van der Waals surface area contributed by atoms with Crippen LogP contribution in [0.3, 0.4) is 0 Å². The van der Waals surface area contributed by atoms with Gasteiger partial charge < -0.3 is 5.32 Å². The Kier molecular flexibility index (Phi) is 4.00. The lowest BCUT2D eigenvalue weighted by Crippen LogP contribution is -2.06. The molecule has 0 saturated heterocycles. The average molecular weight is 312 g/mol. The number of hydrogen-bond acceptors (Lipinski definition) is 6. The molecule has 0 spiro atoms. The van der Waals surface area contributed by atoms with Gasteiger partial charge in [0.25, 0.3) is 0 Å². The van der Waals surface area contributed by atoms with Crippen molar-refractivity contribution in [3.05, 3.63) is 17.7 Å². The summed E-state index contributed by atoms with van der Waals surface area (Å²) < 4.78 is 29.2. The Balaban J connectivity index is 1.85. The number of anilines is 1. The number of tetrazole rings is 1. The first kappa shape index (κ1) is 14.2. The predicted molar refractivity (Wildman–Crippen MR) is 73.1 cm³/mol. The van der Waals surface area contributed by atoms with E-state index in [0.29, 0.717) is 11.7 Å². The first-order valence-electron chi connectivity index (χ1n) is 6.74. The monoisotopic (exact) mass is 312 g/mol. The highest BCUT2D eigenvalue weighted by atomic mass is 32.2. The van der Waals surface area contributed by atoms with Crippen LogP contribution in [-0.2, 0) is 0 Å². The van der Waals surface area contributed by atoms with Crippen LogP contribution in [0.5, 0.6) is 0 Å². The summed E-state index contributed by atoms with van der Waals surface area (Å²) in [4.78, 5) is 4.00. The zero-order chi connectivity index (χ0) is 14.8. The number of nitrogens with one attached hydrogen (secondary N) is 1. The molecule has 6 nitrogen and oxygen atoms in total. The van der Waals surface area contributed by atoms with Gasteiger partial charge in [0.2, 0.25) is 5.16 Å². The predicted octanol–water partition coefficient (Wildman–Crippen LogP) is 2.65. The second-order valence-corrected chi connectivity index (χ2v) is 5.73. The molecule has 21 heavy (non-hydrogen) atoms. The van der Waals surface area contributed by atoms with Gasteiger partial charge in [-0.2, -0.15) is 0 Å². The number of rotatable bonds is 6. The molecular weight excluding hydrogens is 298 g/mol. The quantitative estimate of drug-likeness (QED) is 0.884. The Morgan fingerprint density at radius 3 is 2.90 bits per heavy atom. The van der Waals surface area contributed by atoms with Crippen molar-refractivity contribution in [1.29, 1.82) is 0 Å². The largest absolute Gasteiger partial charge is 0.368 e. The molecule has 0 atom stereocenters. The fraction of sp³-hybridized carbons (Fsp3) is 0.500. The molecule has 9 heteroatoms. The Bertz CT molecular complexity index is 643. The highest BCUT2D eigenvalue weighted by Gasteiger charge is 2.28. The van der Waals surface area contributed by atoms with Gasteiger partial charge in [-0.15, -0.1) is 5.10 Å². The molecule has 0 unspecified atom stereocenters. The lowest BCUT2D eigenvalue weighted by atomic mass is 10.4. The summed E-state index contributed by atoms with van der Waals surface area (Å²) in [6, 6.07) is 1.11. The molecule has 1 saturated carbocycles. The minimum atomic E-state index is -0.718. The highest BCUT2D eigenvalue weighted by Crippen LogP contribution is 2.38. The van der Waals surface area contributed by atoms with Gasteiger partial charge in [0.1, 0.15) is 5.03 Å². The molecule has 0 aromatic carbocycles. The van der Waals surface area contributed by atoms with Crippen LogP contribution in [0.1, 0.15) is 32.2 Å². The molecule has 0 aliphatic heterocycles. The Hall–Kier alpha value is -1.77. The molecule has 1 N–H and O–H groups in total. The van der Waals surface area contributed by atoms with Gasteiger partial charge in [-0.05, 0) is 41.5 Å². The third-order valence-corrected chi connectivity index (χ3v) is 3.91. The molecule has 0 radical (unpaired) electrons. The SMILES string of the molecule is CCCNc1nc(Sc2nnnn2C2CC2)c(F)cc1F. The molecule has 112 valence electrons. The summed E-state index contributed by atoms with van der Waals surface area (Å²) in [6.07, 6.45) is 2.85. The number of nitrogens with zero attached hydrogens (tertiary/aromatic N) is 5. The molecule has 1 fully saturated rings. The summed E-state index contributed by atoms with van der Waals surface area (Å²) >= 11 is 1.01. The van der Waals surface area contributed by atoms with Crippen molar-refractivity contribution in [1.82, 2.24) is 25.2 Å². The maximum absolute atomic E-state index is 13.9. The van der Waals surface area contributed by atoms with Crippen molar-refractivity contribution in [3.63, 3.8) is 0 Å². The van der Waals surface area contributed by atoms with Crippen LogP contribution >= 0.6 is 11.8 Å². The van der Waals surface area contributed by atoms with E-state index in [4.69, 9.17) is 0 Å². The maximum Gasteiger partial charge on any atom is 0.215 e. The lowest BCUT2D eigenvalue weighted by molar-refractivity contribution is 0.546. The normalized spacial score (nSPS) is 14.4. The smallest absolute Gasteiger partial charge is 0.215 e. The maximum atomic E-state index is 13.9. The number of hydrogen-bond donors (Lipinski definition) is 1. The van der Waals surface area contributed by atoms with E-state index in [2.05, 4.69) is 25.8 Å². The van der Waals surface area contributed by atoms with Crippen molar-refractivity contribution in [2.45, 2.75) is 42.4 Å². The van der Waals surface area contributed by atoms with Gasteiger partial charge in [-0.25, -0.2) is 18.4 Å². The van der Waals surface area contributed by atoms with Crippen LogP contribution in [0.4, 0.5) is 14.6 Å². The van der Waals surface area contributed by atoms with Crippen LogP contribution in [-0.4, -0.2) is 31.7 Å². The summed E-state index contributed by atoms with van der Waals surface area (Å²) in [6.45, 7) is 2.52.